The van der Waals surface area contributed by atoms with Crippen LogP contribution in [0.1, 0.15) is 44.1 Å². The van der Waals surface area contributed by atoms with E-state index >= 15 is 0 Å². The topological polar surface area (TPSA) is 38.7 Å². The quantitative estimate of drug-likeness (QED) is 0.917. The number of aliphatic hydroxyl groups is 1. The molecule has 1 fully saturated rings. The minimum Gasteiger partial charge on any atom is -0.385 e. The average Bonchev–Trinajstić information content (AvgIpc) is 3.02. The second-order valence-electron chi connectivity index (χ2n) is 6.65. The first-order valence-corrected chi connectivity index (χ1v) is 8.13. The monoisotopic (exact) mass is 312 g/mol. The molecule has 0 aliphatic carbocycles. The second kappa shape index (κ2) is 6.44. The molecule has 1 aliphatic rings. The third-order valence-electron chi connectivity index (χ3n) is 4.72. The van der Waals surface area contributed by atoms with Crippen molar-refractivity contribution in [3.8, 4) is 0 Å². The second-order valence-corrected chi connectivity index (χ2v) is 6.65. The fraction of sp³-hybridized carbons (Fsp3) is 0.400. The molecule has 0 unspecified atom stereocenters. The molecule has 2 aromatic carbocycles. The molecule has 3 nitrogen and oxygen atoms in total. The lowest BCUT2D eigenvalue weighted by molar-refractivity contribution is -0.203. The summed E-state index contributed by atoms with van der Waals surface area (Å²) < 4.78 is 12.3. The molecule has 0 radical (unpaired) electrons. The van der Waals surface area contributed by atoms with E-state index in [1.54, 1.807) is 6.92 Å². The van der Waals surface area contributed by atoms with E-state index in [4.69, 9.17) is 9.47 Å². The van der Waals surface area contributed by atoms with Crippen molar-refractivity contribution in [1.29, 1.82) is 0 Å². The zero-order valence-electron chi connectivity index (χ0n) is 13.8. The van der Waals surface area contributed by atoms with Crippen LogP contribution in [-0.4, -0.2) is 17.0 Å². The van der Waals surface area contributed by atoms with Crippen LogP contribution in [0.5, 0.6) is 0 Å². The Bertz CT molecular complexity index is 574. The lowest BCUT2D eigenvalue weighted by atomic mass is 9.92. The van der Waals surface area contributed by atoms with Gasteiger partial charge in [0.15, 0.2) is 6.29 Å². The maximum absolute atomic E-state index is 10.8. The van der Waals surface area contributed by atoms with Gasteiger partial charge in [-0.3, -0.25) is 0 Å². The van der Waals surface area contributed by atoms with Gasteiger partial charge in [-0.05, 0) is 24.0 Å². The number of benzene rings is 2. The first-order chi connectivity index (χ1) is 11.0. The first-order valence-electron chi connectivity index (χ1n) is 8.13. The van der Waals surface area contributed by atoms with Crippen molar-refractivity contribution >= 4 is 0 Å². The van der Waals surface area contributed by atoms with E-state index in [0.717, 1.165) is 11.1 Å². The summed E-state index contributed by atoms with van der Waals surface area (Å²) in [5.41, 5.74) is 1.07. The number of hydrogen-bond acceptors (Lipinski definition) is 3. The molecule has 1 aliphatic heterocycles. The van der Waals surface area contributed by atoms with Gasteiger partial charge >= 0.3 is 0 Å². The van der Waals surface area contributed by atoms with Crippen molar-refractivity contribution in [2.75, 3.05) is 0 Å². The summed E-state index contributed by atoms with van der Waals surface area (Å²) in [6.07, 6.45) is -1.11. The van der Waals surface area contributed by atoms with E-state index in [2.05, 4.69) is 0 Å². The highest BCUT2D eigenvalue weighted by molar-refractivity contribution is 5.26. The molecule has 0 saturated carbocycles. The largest absolute Gasteiger partial charge is 0.385 e. The summed E-state index contributed by atoms with van der Waals surface area (Å²) in [6.45, 7) is 5.72. The molecule has 1 N–H and O–H groups in total. The summed E-state index contributed by atoms with van der Waals surface area (Å²) >= 11 is 0. The third kappa shape index (κ3) is 3.18. The van der Waals surface area contributed by atoms with Crippen molar-refractivity contribution in [3.63, 3.8) is 0 Å². The number of rotatable bonds is 4. The molecule has 0 spiro atoms. The highest BCUT2D eigenvalue weighted by atomic mass is 16.7. The number of hydrogen-bond donors (Lipinski definition) is 1. The van der Waals surface area contributed by atoms with Gasteiger partial charge in [0, 0.05) is 0 Å². The molecule has 0 aromatic heterocycles. The zero-order valence-corrected chi connectivity index (χ0v) is 13.8. The Morgan fingerprint density at radius 1 is 0.826 bits per heavy atom. The Morgan fingerprint density at radius 3 is 1.57 bits per heavy atom. The average molecular weight is 312 g/mol. The van der Waals surface area contributed by atoms with Crippen LogP contribution >= 0.6 is 0 Å². The SMILES string of the molecule is CC(C)[C@](C)(O)C1O[C@H](c2ccccc2)[C@@H](c2ccccc2)O1. The van der Waals surface area contributed by atoms with Crippen molar-refractivity contribution < 1.29 is 14.6 Å². The van der Waals surface area contributed by atoms with Crippen LogP contribution < -0.4 is 0 Å². The zero-order chi connectivity index (χ0) is 16.4. The van der Waals surface area contributed by atoms with Crippen LogP contribution in [0.3, 0.4) is 0 Å². The van der Waals surface area contributed by atoms with Crippen LogP contribution in [-0.2, 0) is 9.47 Å². The lowest BCUT2D eigenvalue weighted by Crippen LogP contribution is -2.44. The molecule has 1 heterocycles. The lowest BCUT2D eigenvalue weighted by Gasteiger charge is -2.32. The van der Waals surface area contributed by atoms with Crippen molar-refractivity contribution in [1.82, 2.24) is 0 Å². The van der Waals surface area contributed by atoms with Gasteiger partial charge in [-0.15, -0.1) is 0 Å². The summed E-state index contributed by atoms with van der Waals surface area (Å²) in [5, 5.41) is 10.8. The Labute approximate surface area is 137 Å². The fourth-order valence-corrected chi connectivity index (χ4v) is 2.78. The van der Waals surface area contributed by atoms with Crippen molar-refractivity contribution in [2.24, 2.45) is 5.92 Å². The van der Waals surface area contributed by atoms with Gasteiger partial charge in [-0.25, -0.2) is 0 Å². The maximum Gasteiger partial charge on any atom is 0.187 e. The van der Waals surface area contributed by atoms with Gasteiger partial charge in [0.2, 0.25) is 0 Å². The smallest absolute Gasteiger partial charge is 0.187 e. The van der Waals surface area contributed by atoms with E-state index in [1.165, 1.54) is 0 Å². The summed E-state index contributed by atoms with van der Waals surface area (Å²) in [5.74, 6) is 0.0263. The van der Waals surface area contributed by atoms with Gasteiger partial charge in [0.1, 0.15) is 17.8 Å². The molecule has 0 bridgehead atoms. The predicted octanol–water partition coefficient (Wildman–Crippen LogP) is 4.25. The third-order valence-corrected chi connectivity index (χ3v) is 4.72. The van der Waals surface area contributed by atoms with Crippen molar-refractivity contribution in [3.05, 3.63) is 71.8 Å². The predicted molar refractivity (Wildman–Crippen MR) is 89.8 cm³/mol. The minimum absolute atomic E-state index is 0.0263. The highest BCUT2D eigenvalue weighted by Crippen LogP contribution is 2.46. The normalized spacial score (nSPS) is 24.7. The molecular formula is C20H24O3. The van der Waals surface area contributed by atoms with Gasteiger partial charge in [-0.2, -0.15) is 0 Å². The van der Waals surface area contributed by atoms with E-state index in [1.807, 2.05) is 74.5 Å². The molecular weight excluding hydrogens is 288 g/mol. The molecule has 1 saturated heterocycles. The van der Waals surface area contributed by atoms with Crippen LogP contribution in [0, 0.1) is 5.92 Å². The van der Waals surface area contributed by atoms with E-state index < -0.39 is 11.9 Å². The molecule has 122 valence electrons. The highest BCUT2D eigenvalue weighted by Gasteiger charge is 2.47. The summed E-state index contributed by atoms with van der Waals surface area (Å²) in [7, 11) is 0. The van der Waals surface area contributed by atoms with Gasteiger partial charge in [0.05, 0.1) is 0 Å². The van der Waals surface area contributed by atoms with Crippen LogP contribution in [0.2, 0.25) is 0 Å². The van der Waals surface area contributed by atoms with Crippen LogP contribution in [0.15, 0.2) is 60.7 Å². The number of ether oxygens (including phenoxy) is 2. The summed E-state index contributed by atoms with van der Waals surface area (Å²) in [6, 6.07) is 20.1. The first kappa shape index (κ1) is 16.2. The Hall–Kier alpha value is -1.68. The molecule has 3 atom stereocenters. The molecule has 3 rings (SSSR count). The van der Waals surface area contributed by atoms with Crippen LogP contribution in [0.4, 0.5) is 0 Å². The maximum atomic E-state index is 10.8. The Morgan fingerprint density at radius 2 is 1.22 bits per heavy atom. The van der Waals surface area contributed by atoms with Gasteiger partial charge < -0.3 is 14.6 Å². The molecule has 23 heavy (non-hydrogen) atoms. The Kier molecular flexibility index (Phi) is 4.53. The van der Waals surface area contributed by atoms with E-state index in [0.29, 0.717) is 0 Å². The standard InChI is InChI=1S/C20H24O3/c1-14(2)20(3,21)19-22-17(15-10-6-4-7-11-15)18(23-19)16-12-8-5-9-13-16/h4-14,17-19,21H,1-3H3/t17-,18-,20+/m1/s1. The van der Waals surface area contributed by atoms with E-state index in [-0.39, 0.29) is 18.1 Å². The molecule has 2 aromatic rings. The van der Waals surface area contributed by atoms with Gasteiger partial charge in [-0.1, -0.05) is 74.5 Å². The van der Waals surface area contributed by atoms with Crippen LogP contribution in [0.25, 0.3) is 0 Å². The Balaban J connectivity index is 1.95. The van der Waals surface area contributed by atoms with Crippen molar-refractivity contribution in [2.45, 2.75) is 44.9 Å². The summed E-state index contributed by atoms with van der Waals surface area (Å²) in [4.78, 5) is 0. The van der Waals surface area contributed by atoms with E-state index in [9.17, 15) is 5.11 Å². The molecule has 0 amide bonds. The fourth-order valence-electron chi connectivity index (χ4n) is 2.78. The minimum atomic E-state index is -1.05. The van der Waals surface area contributed by atoms with Gasteiger partial charge in [0.25, 0.3) is 0 Å². The molecule has 3 heteroatoms.